The summed E-state index contributed by atoms with van der Waals surface area (Å²) < 4.78 is 6.25. The molecule has 1 atom stereocenters. The molecule has 0 saturated heterocycles. The molecule has 0 bridgehead atoms. The summed E-state index contributed by atoms with van der Waals surface area (Å²) in [6.07, 6.45) is 1.63. The Kier molecular flexibility index (Phi) is 2.35. The molecule has 0 radical (unpaired) electrons. The normalized spacial score (nSPS) is 27.2. The Balaban J connectivity index is 2.70. The predicted molar refractivity (Wildman–Crippen MR) is 63.1 cm³/mol. The van der Waals surface area contributed by atoms with Gasteiger partial charge >= 0.3 is 0 Å². The van der Waals surface area contributed by atoms with E-state index in [1.165, 1.54) is 5.56 Å². The minimum absolute atomic E-state index is 0.274. The average Bonchev–Trinajstić information content (AvgIpc) is 2.36. The highest BCUT2D eigenvalue weighted by molar-refractivity contribution is 5.38. The number of hydrogen-bond acceptors (Lipinski definition) is 3. The van der Waals surface area contributed by atoms with E-state index in [0.29, 0.717) is 5.92 Å². The third-order valence-electron chi connectivity index (χ3n) is 3.67. The first-order valence-corrected chi connectivity index (χ1v) is 5.82. The van der Waals surface area contributed by atoms with Crippen molar-refractivity contribution in [2.75, 3.05) is 0 Å². The first kappa shape index (κ1) is 11.5. The van der Waals surface area contributed by atoms with Crippen molar-refractivity contribution in [2.24, 2.45) is 5.92 Å². The van der Waals surface area contributed by atoms with Gasteiger partial charge in [0.25, 0.3) is 0 Å². The van der Waals surface area contributed by atoms with Gasteiger partial charge in [-0.05, 0) is 33.6 Å². The number of ether oxygens (including phenoxy) is 1. The Labute approximate surface area is 97.3 Å². The Morgan fingerprint density at radius 3 is 2.38 bits per heavy atom. The Morgan fingerprint density at radius 2 is 1.81 bits per heavy atom. The van der Waals surface area contributed by atoms with E-state index in [1.54, 1.807) is 6.33 Å². The number of hydrogen-bond donors (Lipinski definition) is 0. The fourth-order valence-electron chi connectivity index (χ4n) is 2.56. The van der Waals surface area contributed by atoms with Crippen molar-refractivity contribution in [1.82, 2.24) is 9.97 Å². The summed E-state index contributed by atoms with van der Waals surface area (Å²) in [5, 5.41) is 0. The number of nitrogens with zero attached hydrogens (tertiary/aromatic N) is 2. The molecule has 0 spiro atoms. The van der Waals surface area contributed by atoms with Crippen LogP contribution >= 0.6 is 0 Å². The minimum atomic E-state index is -0.317. The quantitative estimate of drug-likeness (QED) is 0.730. The Bertz CT molecular complexity index is 426. The molecule has 16 heavy (non-hydrogen) atoms. The third kappa shape index (κ3) is 1.38. The van der Waals surface area contributed by atoms with E-state index in [-0.39, 0.29) is 11.2 Å². The van der Waals surface area contributed by atoms with Crippen LogP contribution in [0, 0.1) is 12.8 Å². The van der Waals surface area contributed by atoms with Crippen molar-refractivity contribution in [2.45, 2.75) is 52.7 Å². The maximum Gasteiger partial charge on any atom is 0.116 e. The number of aryl methyl sites for hydroxylation is 1. The average molecular weight is 220 g/mol. The van der Waals surface area contributed by atoms with Gasteiger partial charge in [0, 0.05) is 11.3 Å². The summed E-state index contributed by atoms with van der Waals surface area (Å²) >= 11 is 0. The highest BCUT2D eigenvalue weighted by atomic mass is 16.5. The summed E-state index contributed by atoms with van der Waals surface area (Å²) in [5.74, 6) is 0.401. The summed E-state index contributed by atoms with van der Waals surface area (Å²) in [4.78, 5) is 8.72. The molecule has 0 fully saturated rings. The van der Waals surface area contributed by atoms with Crippen LogP contribution in [-0.4, -0.2) is 9.97 Å². The highest BCUT2D eigenvalue weighted by Gasteiger charge is 2.49. The molecular weight excluding hydrogens is 200 g/mol. The van der Waals surface area contributed by atoms with Crippen molar-refractivity contribution >= 4 is 0 Å². The van der Waals surface area contributed by atoms with Gasteiger partial charge < -0.3 is 4.74 Å². The van der Waals surface area contributed by atoms with Crippen LogP contribution in [0.25, 0.3) is 0 Å². The zero-order chi connectivity index (χ0) is 12.1. The van der Waals surface area contributed by atoms with E-state index in [4.69, 9.17) is 4.74 Å². The molecule has 0 aromatic carbocycles. The zero-order valence-electron chi connectivity index (χ0n) is 11.0. The lowest BCUT2D eigenvalue weighted by molar-refractivity contribution is -0.139. The van der Waals surface area contributed by atoms with Gasteiger partial charge in [-0.1, -0.05) is 13.8 Å². The van der Waals surface area contributed by atoms with Crippen molar-refractivity contribution < 1.29 is 4.74 Å². The lowest BCUT2D eigenvalue weighted by Crippen LogP contribution is -2.31. The standard InChI is InChI=1S/C13H20N2O/c1-8(2)13(6)10-9(3)14-7-15-11(10)12(4,5)16-13/h7-8H,1-6H3. The lowest BCUT2D eigenvalue weighted by Gasteiger charge is -2.32. The molecule has 0 N–H and O–H groups in total. The van der Waals surface area contributed by atoms with Crippen LogP contribution in [0.4, 0.5) is 0 Å². The smallest absolute Gasteiger partial charge is 0.116 e. The van der Waals surface area contributed by atoms with E-state index < -0.39 is 0 Å². The molecule has 0 saturated carbocycles. The number of rotatable bonds is 1. The summed E-state index contributed by atoms with van der Waals surface area (Å²) in [6.45, 7) is 12.7. The van der Waals surface area contributed by atoms with Gasteiger partial charge in [-0.2, -0.15) is 0 Å². The Hall–Kier alpha value is -0.960. The first-order chi connectivity index (χ1) is 7.29. The molecule has 3 heteroatoms. The summed E-state index contributed by atoms with van der Waals surface area (Å²) in [6, 6.07) is 0. The van der Waals surface area contributed by atoms with Crippen LogP contribution in [0.1, 0.15) is 51.6 Å². The van der Waals surface area contributed by atoms with E-state index in [9.17, 15) is 0 Å². The second kappa shape index (κ2) is 3.27. The van der Waals surface area contributed by atoms with Gasteiger partial charge in [-0.25, -0.2) is 9.97 Å². The van der Waals surface area contributed by atoms with E-state index in [2.05, 4.69) is 44.6 Å². The van der Waals surface area contributed by atoms with Gasteiger partial charge in [0.15, 0.2) is 0 Å². The second-order valence-electron chi connectivity index (χ2n) is 5.56. The fraction of sp³-hybridized carbons (Fsp3) is 0.692. The van der Waals surface area contributed by atoms with Crippen molar-refractivity contribution in [3.05, 3.63) is 23.3 Å². The van der Waals surface area contributed by atoms with Gasteiger partial charge in [-0.3, -0.25) is 0 Å². The van der Waals surface area contributed by atoms with E-state index >= 15 is 0 Å². The molecule has 1 unspecified atom stereocenters. The molecule has 0 amide bonds. The van der Waals surface area contributed by atoms with Gasteiger partial charge in [0.2, 0.25) is 0 Å². The largest absolute Gasteiger partial charge is 0.358 e. The van der Waals surface area contributed by atoms with Crippen molar-refractivity contribution in [1.29, 1.82) is 0 Å². The highest BCUT2D eigenvalue weighted by Crippen LogP contribution is 2.50. The van der Waals surface area contributed by atoms with Gasteiger partial charge in [0.05, 0.1) is 11.3 Å². The third-order valence-corrected chi connectivity index (χ3v) is 3.67. The van der Waals surface area contributed by atoms with Gasteiger partial charge in [0.1, 0.15) is 11.9 Å². The topological polar surface area (TPSA) is 35.0 Å². The maximum atomic E-state index is 6.25. The molecule has 2 rings (SSSR count). The Morgan fingerprint density at radius 1 is 1.19 bits per heavy atom. The molecular formula is C13H20N2O. The summed E-state index contributed by atoms with van der Waals surface area (Å²) in [7, 11) is 0. The minimum Gasteiger partial charge on any atom is -0.358 e. The van der Waals surface area contributed by atoms with Crippen LogP contribution in [0.15, 0.2) is 6.33 Å². The predicted octanol–water partition coefficient (Wildman–Crippen LogP) is 2.92. The SMILES string of the molecule is Cc1ncnc2c1C(C)(C(C)C)OC2(C)C. The molecule has 1 aromatic heterocycles. The second-order valence-corrected chi connectivity index (χ2v) is 5.56. The summed E-state index contributed by atoms with van der Waals surface area (Å²) in [5.41, 5.74) is 2.66. The number of fused-ring (bicyclic) bond motifs is 1. The molecule has 88 valence electrons. The lowest BCUT2D eigenvalue weighted by atomic mass is 9.84. The molecule has 1 aromatic rings. The molecule has 1 aliphatic rings. The van der Waals surface area contributed by atoms with Crippen LogP contribution in [0.5, 0.6) is 0 Å². The van der Waals surface area contributed by atoms with Crippen molar-refractivity contribution in [3.8, 4) is 0 Å². The molecule has 1 aliphatic heterocycles. The van der Waals surface area contributed by atoms with Crippen LogP contribution in [0.2, 0.25) is 0 Å². The molecule has 3 nitrogen and oxygen atoms in total. The fourth-order valence-corrected chi connectivity index (χ4v) is 2.56. The maximum absolute atomic E-state index is 6.25. The number of aromatic nitrogens is 2. The van der Waals surface area contributed by atoms with E-state index in [1.807, 2.05) is 6.92 Å². The first-order valence-electron chi connectivity index (χ1n) is 5.82. The zero-order valence-corrected chi connectivity index (χ0v) is 11.0. The van der Waals surface area contributed by atoms with Crippen molar-refractivity contribution in [3.63, 3.8) is 0 Å². The molecule has 0 aliphatic carbocycles. The van der Waals surface area contributed by atoms with Gasteiger partial charge in [-0.15, -0.1) is 0 Å². The van der Waals surface area contributed by atoms with Crippen LogP contribution < -0.4 is 0 Å². The van der Waals surface area contributed by atoms with Crippen LogP contribution in [0.3, 0.4) is 0 Å². The monoisotopic (exact) mass is 220 g/mol. The van der Waals surface area contributed by atoms with Crippen LogP contribution in [-0.2, 0) is 15.9 Å². The van der Waals surface area contributed by atoms with E-state index in [0.717, 1.165) is 11.4 Å². The molecule has 2 heterocycles.